The minimum absolute atomic E-state index is 0.0768. The van der Waals surface area contributed by atoms with E-state index in [0.29, 0.717) is 29.3 Å². The molecule has 1 N–H and O–H groups in total. The van der Waals surface area contributed by atoms with E-state index in [1.807, 2.05) is 12.1 Å². The number of hydrogen-bond donors (Lipinski definition) is 1. The van der Waals surface area contributed by atoms with Gasteiger partial charge in [-0.05, 0) is 42.8 Å². The van der Waals surface area contributed by atoms with Crippen molar-refractivity contribution in [3.8, 4) is 5.75 Å². The maximum absolute atomic E-state index is 12.7. The minimum atomic E-state index is -0.263. The Labute approximate surface area is 162 Å². The summed E-state index contributed by atoms with van der Waals surface area (Å²) in [4.78, 5) is 25.8. The Morgan fingerprint density at radius 2 is 1.96 bits per heavy atom. The van der Waals surface area contributed by atoms with Gasteiger partial charge in [0.1, 0.15) is 5.75 Å². The summed E-state index contributed by atoms with van der Waals surface area (Å²) < 4.78 is 6.55. The van der Waals surface area contributed by atoms with Crippen LogP contribution in [0.1, 0.15) is 37.0 Å². The topological polar surface area (TPSA) is 58.6 Å². The van der Waals surface area contributed by atoms with Crippen LogP contribution in [0.3, 0.4) is 0 Å². The lowest BCUT2D eigenvalue weighted by molar-refractivity contribution is -0.116. The Morgan fingerprint density at radius 1 is 1.19 bits per heavy atom. The lowest BCUT2D eigenvalue weighted by Gasteiger charge is -2.16. The van der Waals surface area contributed by atoms with Crippen LogP contribution in [-0.2, 0) is 4.79 Å². The summed E-state index contributed by atoms with van der Waals surface area (Å²) >= 11 is 3.40. The van der Waals surface area contributed by atoms with E-state index in [-0.39, 0.29) is 11.8 Å². The average molecular weight is 419 g/mol. The van der Waals surface area contributed by atoms with E-state index < -0.39 is 0 Å². The molecule has 0 aliphatic rings. The van der Waals surface area contributed by atoms with E-state index in [2.05, 4.69) is 28.2 Å². The second-order valence-corrected chi connectivity index (χ2v) is 6.84. The molecule has 0 aliphatic carbocycles. The summed E-state index contributed by atoms with van der Waals surface area (Å²) in [6.45, 7) is 4.15. The van der Waals surface area contributed by atoms with Gasteiger partial charge in [-0.3, -0.25) is 9.59 Å². The molecule has 0 fully saturated rings. The highest BCUT2D eigenvalue weighted by atomic mass is 79.9. The maximum Gasteiger partial charge on any atom is 0.259 e. The van der Waals surface area contributed by atoms with Crippen LogP contribution in [0.2, 0.25) is 0 Å². The van der Waals surface area contributed by atoms with Crippen molar-refractivity contribution in [2.24, 2.45) is 0 Å². The molecular weight excluding hydrogens is 396 g/mol. The Kier molecular flexibility index (Phi) is 7.21. The van der Waals surface area contributed by atoms with Gasteiger partial charge in [-0.25, -0.2) is 0 Å². The number of rotatable bonds is 7. The normalized spacial score (nSPS) is 10.3. The summed E-state index contributed by atoms with van der Waals surface area (Å²) in [5.41, 5.74) is 1.78. The average Bonchev–Trinajstić information content (AvgIpc) is 2.62. The molecule has 0 atom stereocenters. The van der Waals surface area contributed by atoms with Gasteiger partial charge in [-0.2, -0.15) is 0 Å². The van der Waals surface area contributed by atoms with Crippen LogP contribution in [0, 0.1) is 0 Å². The second kappa shape index (κ2) is 9.38. The third kappa shape index (κ3) is 5.33. The molecule has 6 heteroatoms. The standard InChI is InChI=1S/C20H23BrN2O3/c1-4-5-11-26-19-10-9-15(21)12-18(19)20(25)22-16-7-6-8-17(13-16)23(3)14(2)24/h6-10,12-13H,4-5,11H2,1-3H3,(H,22,25). The summed E-state index contributed by atoms with van der Waals surface area (Å²) in [5.74, 6) is 0.212. The zero-order valence-electron chi connectivity index (χ0n) is 15.2. The predicted octanol–water partition coefficient (Wildman–Crippen LogP) is 4.86. The Morgan fingerprint density at radius 3 is 2.65 bits per heavy atom. The van der Waals surface area contributed by atoms with Crippen LogP contribution in [0.15, 0.2) is 46.9 Å². The Hall–Kier alpha value is -2.34. The van der Waals surface area contributed by atoms with E-state index in [0.717, 1.165) is 17.3 Å². The number of nitrogens with one attached hydrogen (secondary N) is 1. The van der Waals surface area contributed by atoms with E-state index >= 15 is 0 Å². The maximum atomic E-state index is 12.7. The van der Waals surface area contributed by atoms with Gasteiger partial charge in [-0.15, -0.1) is 0 Å². The highest BCUT2D eigenvalue weighted by Gasteiger charge is 2.14. The molecule has 2 aromatic rings. The van der Waals surface area contributed by atoms with Gasteiger partial charge in [0.25, 0.3) is 5.91 Å². The summed E-state index contributed by atoms with van der Waals surface area (Å²) in [5, 5.41) is 2.87. The number of hydrogen-bond acceptors (Lipinski definition) is 3. The van der Waals surface area contributed by atoms with Crippen molar-refractivity contribution >= 4 is 39.1 Å². The van der Waals surface area contributed by atoms with Crippen molar-refractivity contribution in [1.29, 1.82) is 0 Å². The van der Waals surface area contributed by atoms with Crippen molar-refractivity contribution in [3.63, 3.8) is 0 Å². The molecule has 2 aromatic carbocycles. The van der Waals surface area contributed by atoms with Gasteiger partial charge >= 0.3 is 0 Å². The monoisotopic (exact) mass is 418 g/mol. The first-order chi connectivity index (χ1) is 12.4. The molecule has 0 saturated heterocycles. The number of ether oxygens (including phenoxy) is 1. The molecular formula is C20H23BrN2O3. The highest BCUT2D eigenvalue weighted by Crippen LogP contribution is 2.26. The molecule has 5 nitrogen and oxygen atoms in total. The van der Waals surface area contributed by atoms with Crippen LogP contribution < -0.4 is 15.0 Å². The number of carbonyl (C=O) groups is 2. The minimum Gasteiger partial charge on any atom is -0.493 e. The Bertz CT molecular complexity index is 792. The van der Waals surface area contributed by atoms with Gasteiger partial charge in [0.05, 0.1) is 12.2 Å². The van der Waals surface area contributed by atoms with E-state index in [4.69, 9.17) is 4.74 Å². The molecule has 0 spiro atoms. The molecule has 0 unspecified atom stereocenters. The molecule has 2 amide bonds. The first-order valence-corrected chi connectivity index (χ1v) is 9.29. The summed E-state index contributed by atoms with van der Waals surface area (Å²) in [6.07, 6.45) is 1.95. The van der Waals surface area contributed by atoms with Gasteiger partial charge in [0, 0.05) is 29.8 Å². The zero-order valence-corrected chi connectivity index (χ0v) is 16.8. The number of halogens is 1. The third-order valence-electron chi connectivity index (χ3n) is 3.91. The van der Waals surface area contributed by atoms with Crippen molar-refractivity contribution in [2.75, 3.05) is 23.9 Å². The van der Waals surface area contributed by atoms with E-state index in [1.165, 1.54) is 11.8 Å². The van der Waals surface area contributed by atoms with Crippen LogP contribution in [0.5, 0.6) is 5.75 Å². The summed E-state index contributed by atoms with van der Waals surface area (Å²) in [6, 6.07) is 12.5. The fourth-order valence-electron chi connectivity index (χ4n) is 2.30. The largest absolute Gasteiger partial charge is 0.493 e. The van der Waals surface area contributed by atoms with Crippen LogP contribution >= 0.6 is 15.9 Å². The van der Waals surface area contributed by atoms with Gasteiger partial charge in [-0.1, -0.05) is 35.3 Å². The molecule has 138 valence electrons. The molecule has 0 heterocycles. The number of nitrogens with zero attached hydrogens (tertiary/aromatic N) is 1. The number of amides is 2. The van der Waals surface area contributed by atoms with Crippen molar-refractivity contribution < 1.29 is 14.3 Å². The molecule has 0 aromatic heterocycles. The van der Waals surface area contributed by atoms with E-state index in [9.17, 15) is 9.59 Å². The SMILES string of the molecule is CCCCOc1ccc(Br)cc1C(=O)Nc1cccc(N(C)C(C)=O)c1. The lowest BCUT2D eigenvalue weighted by atomic mass is 10.1. The predicted molar refractivity (Wildman–Crippen MR) is 108 cm³/mol. The molecule has 0 saturated carbocycles. The smallest absolute Gasteiger partial charge is 0.259 e. The number of carbonyl (C=O) groups excluding carboxylic acids is 2. The van der Waals surface area contributed by atoms with Gasteiger partial charge < -0.3 is 15.0 Å². The molecule has 0 radical (unpaired) electrons. The zero-order chi connectivity index (χ0) is 19.1. The van der Waals surface area contributed by atoms with Gasteiger partial charge in [0.2, 0.25) is 5.91 Å². The third-order valence-corrected chi connectivity index (χ3v) is 4.40. The summed E-state index contributed by atoms with van der Waals surface area (Å²) in [7, 11) is 1.69. The number of unbranched alkanes of at least 4 members (excludes halogenated alkanes) is 1. The quantitative estimate of drug-likeness (QED) is 0.652. The van der Waals surface area contributed by atoms with Crippen LogP contribution in [-0.4, -0.2) is 25.5 Å². The van der Waals surface area contributed by atoms with E-state index in [1.54, 1.807) is 37.4 Å². The van der Waals surface area contributed by atoms with Crippen LogP contribution in [0.25, 0.3) is 0 Å². The second-order valence-electron chi connectivity index (χ2n) is 5.92. The molecule has 0 bridgehead atoms. The first-order valence-electron chi connectivity index (χ1n) is 8.50. The molecule has 26 heavy (non-hydrogen) atoms. The number of anilines is 2. The molecule has 0 aliphatic heterocycles. The molecule has 2 rings (SSSR count). The fourth-order valence-corrected chi connectivity index (χ4v) is 2.67. The van der Waals surface area contributed by atoms with Crippen molar-refractivity contribution in [1.82, 2.24) is 0 Å². The number of benzene rings is 2. The van der Waals surface area contributed by atoms with Gasteiger partial charge in [0.15, 0.2) is 0 Å². The van der Waals surface area contributed by atoms with Crippen molar-refractivity contribution in [3.05, 3.63) is 52.5 Å². The Balaban J connectivity index is 2.20. The van der Waals surface area contributed by atoms with Crippen LogP contribution in [0.4, 0.5) is 11.4 Å². The lowest BCUT2D eigenvalue weighted by Crippen LogP contribution is -2.23. The first kappa shape index (κ1) is 20.0. The van der Waals surface area contributed by atoms with Crippen molar-refractivity contribution in [2.45, 2.75) is 26.7 Å². The fraction of sp³-hybridized carbons (Fsp3) is 0.300. The highest BCUT2D eigenvalue weighted by molar-refractivity contribution is 9.10.